The molecule has 0 N–H and O–H groups in total. The van der Waals surface area contributed by atoms with Crippen LogP contribution in [0.1, 0.15) is 12.0 Å². The van der Waals surface area contributed by atoms with Gasteiger partial charge in [0.1, 0.15) is 5.69 Å². The lowest BCUT2D eigenvalue weighted by Crippen LogP contribution is -2.49. The number of amides is 1. The van der Waals surface area contributed by atoms with Crippen molar-refractivity contribution in [3.63, 3.8) is 0 Å². The smallest absolute Gasteiger partial charge is 0.292 e. The number of anilines is 1. The predicted molar refractivity (Wildman–Crippen MR) is 107 cm³/mol. The average molecular weight is 408 g/mol. The molecular weight excluding hydrogens is 389 g/mol. The molecule has 8 heteroatoms. The number of piperazine rings is 1. The fourth-order valence-electron chi connectivity index (χ4n) is 3.22. The van der Waals surface area contributed by atoms with Gasteiger partial charge in [-0.05, 0) is 24.1 Å². The van der Waals surface area contributed by atoms with Gasteiger partial charge >= 0.3 is 0 Å². The number of benzene rings is 2. The van der Waals surface area contributed by atoms with E-state index < -0.39 is 0 Å². The topological polar surface area (TPSA) is 66.7 Å². The molecule has 1 fully saturated rings. The normalized spacial score (nSPS) is 14.3. The number of nitro benzene ring substituents is 1. The molecule has 1 aliphatic heterocycles. The molecule has 0 atom stereocenters. The fourth-order valence-corrected chi connectivity index (χ4v) is 3.64. The molecule has 0 saturated carbocycles. The molecule has 6 nitrogen and oxygen atoms in total. The van der Waals surface area contributed by atoms with Crippen LogP contribution in [0.2, 0.25) is 10.0 Å². The number of halogens is 2. The number of nitro groups is 1. The van der Waals surface area contributed by atoms with Crippen molar-refractivity contribution in [3.05, 3.63) is 68.2 Å². The fraction of sp³-hybridized carbons (Fsp3) is 0.316. The zero-order valence-electron chi connectivity index (χ0n) is 14.6. The predicted octanol–water partition coefficient (Wildman–Crippen LogP) is 4.18. The second kappa shape index (κ2) is 8.59. The number of nitrogens with zero attached hydrogens (tertiary/aromatic N) is 3. The quantitative estimate of drug-likeness (QED) is 0.550. The van der Waals surface area contributed by atoms with Crippen LogP contribution in [0.4, 0.5) is 11.4 Å². The van der Waals surface area contributed by atoms with Crippen molar-refractivity contribution in [1.29, 1.82) is 0 Å². The summed E-state index contributed by atoms with van der Waals surface area (Å²) in [6, 6.07) is 12.1. The van der Waals surface area contributed by atoms with E-state index in [4.69, 9.17) is 23.2 Å². The Hall–Kier alpha value is -2.31. The molecule has 0 spiro atoms. The van der Waals surface area contributed by atoms with Crippen LogP contribution in [0.5, 0.6) is 0 Å². The van der Waals surface area contributed by atoms with Crippen LogP contribution >= 0.6 is 23.2 Å². The summed E-state index contributed by atoms with van der Waals surface area (Å²) in [5, 5.41) is 12.2. The van der Waals surface area contributed by atoms with E-state index in [1.165, 1.54) is 6.07 Å². The van der Waals surface area contributed by atoms with Crippen molar-refractivity contribution in [3.8, 4) is 0 Å². The Balaban J connectivity index is 1.57. The van der Waals surface area contributed by atoms with Crippen LogP contribution in [0, 0.1) is 10.1 Å². The molecule has 1 aliphatic rings. The first-order valence-corrected chi connectivity index (χ1v) is 9.42. The first-order chi connectivity index (χ1) is 13.0. The molecule has 142 valence electrons. The average Bonchev–Trinajstić information content (AvgIpc) is 2.69. The molecule has 1 amide bonds. The second-order valence-electron chi connectivity index (χ2n) is 6.33. The van der Waals surface area contributed by atoms with E-state index in [2.05, 4.69) is 0 Å². The van der Waals surface area contributed by atoms with Crippen LogP contribution in [0.3, 0.4) is 0 Å². The van der Waals surface area contributed by atoms with Gasteiger partial charge in [0.25, 0.3) is 5.69 Å². The van der Waals surface area contributed by atoms with E-state index in [0.717, 1.165) is 5.56 Å². The molecule has 2 aromatic carbocycles. The Morgan fingerprint density at radius 1 is 1.04 bits per heavy atom. The number of carbonyl (C=O) groups is 1. The van der Waals surface area contributed by atoms with Crippen LogP contribution in [-0.2, 0) is 11.2 Å². The number of hydrogen-bond donors (Lipinski definition) is 0. The van der Waals surface area contributed by atoms with E-state index in [-0.39, 0.29) is 16.5 Å². The molecule has 0 radical (unpaired) electrons. The Kier molecular flexibility index (Phi) is 6.19. The highest BCUT2D eigenvalue weighted by molar-refractivity contribution is 6.42. The third-order valence-electron chi connectivity index (χ3n) is 4.69. The molecular formula is C19H19Cl2N3O3. The molecule has 3 rings (SSSR count). The van der Waals surface area contributed by atoms with E-state index in [1.807, 2.05) is 17.0 Å². The first kappa shape index (κ1) is 19.5. The highest BCUT2D eigenvalue weighted by Gasteiger charge is 2.25. The zero-order valence-corrected chi connectivity index (χ0v) is 16.1. The van der Waals surface area contributed by atoms with E-state index in [9.17, 15) is 14.9 Å². The van der Waals surface area contributed by atoms with Gasteiger partial charge in [0.2, 0.25) is 5.91 Å². The maximum absolute atomic E-state index is 12.5. The number of hydrogen-bond acceptors (Lipinski definition) is 4. The van der Waals surface area contributed by atoms with Gasteiger partial charge in [0.15, 0.2) is 0 Å². The molecule has 0 aliphatic carbocycles. The minimum Gasteiger partial charge on any atom is -0.362 e. The van der Waals surface area contributed by atoms with Crippen LogP contribution < -0.4 is 4.90 Å². The number of carbonyl (C=O) groups excluding carboxylic acids is 1. The Morgan fingerprint density at radius 3 is 2.44 bits per heavy atom. The molecule has 27 heavy (non-hydrogen) atoms. The van der Waals surface area contributed by atoms with E-state index >= 15 is 0 Å². The molecule has 1 saturated heterocycles. The zero-order chi connectivity index (χ0) is 19.4. The molecule has 0 bridgehead atoms. The molecule has 1 heterocycles. The summed E-state index contributed by atoms with van der Waals surface area (Å²) in [7, 11) is 0. The summed E-state index contributed by atoms with van der Waals surface area (Å²) in [6.45, 7) is 2.20. The Labute approximate surface area is 167 Å². The van der Waals surface area contributed by atoms with Crippen molar-refractivity contribution in [2.24, 2.45) is 0 Å². The number of rotatable bonds is 5. The van der Waals surface area contributed by atoms with E-state index in [0.29, 0.717) is 54.8 Å². The summed E-state index contributed by atoms with van der Waals surface area (Å²) < 4.78 is 0. The van der Waals surface area contributed by atoms with Gasteiger partial charge in [0.05, 0.1) is 15.0 Å². The van der Waals surface area contributed by atoms with Gasteiger partial charge in [-0.3, -0.25) is 14.9 Å². The lowest BCUT2D eigenvalue weighted by atomic mass is 10.1. The Morgan fingerprint density at radius 2 is 1.74 bits per heavy atom. The Bertz CT molecular complexity index is 852. The number of para-hydroxylation sites is 2. The van der Waals surface area contributed by atoms with Crippen molar-refractivity contribution >= 4 is 40.5 Å². The summed E-state index contributed by atoms with van der Waals surface area (Å²) in [5.41, 5.74) is 1.55. The SMILES string of the molecule is O=C(CCc1cccc(Cl)c1Cl)N1CCN(c2ccccc2[N+](=O)[O-])CC1. The summed E-state index contributed by atoms with van der Waals surface area (Å²) in [4.78, 5) is 27.1. The van der Waals surface area contributed by atoms with Gasteiger partial charge < -0.3 is 9.80 Å². The van der Waals surface area contributed by atoms with Crippen LogP contribution in [0.25, 0.3) is 0 Å². The monoisotopic (exact) mass is 407 g/mol. The third kappa shape index (κ3) is 4.51. The first-order valence-electron chi connectivity index (χ1n) is 8.66. The lowest BCUT2D eigenvalue weighted by Gasteiger charge is -2.35. The van der Waals surface area contributed by atoms with Crippen molar-refractivity contribution in [2.75, 3.05) is 31.1 Å². The van der Waals surface area contributed by atoms with Crippen LogP contribution in [-0.4, -0.2) is 41.9 Å². The summed E-state index contributed by atoms with van der Waals surface area (Å²) in [5.74, 6) is 0.0493. The van der Waals surface area contributed by atoms with Crippen molar-refractivity contribution in [2.45, 2.75) is 12.8 Å². The van der Waals surface area contributed by atoms with Gasteiger partial charge in [-0.1, -0.05) is 47.5 Å². The highest BCUT2D eigenvalue weighted by Crippen LogP contribution is 2.29. The maximum Gasteiger partial charge on any atom is 0.292 e. The van der Waals surface area contributed by atoms with Crippen LogP contribution in [0.15, 0.2) is 42.5 Å². The van der Waals surface area contributed by atoms with Crippen molar-refractivity contribution < 1.29 is 9.72 Å². The molecule has 2 aromatic rings. The number of aryl methyl sites for hydroxylation is 1. The minimum absolute atomic E-state index is 0.0493. The van der Waals surface area contributed by atoms with Gasteiger partial charge in [-0.2, -0.15) is 0 Å². The van der Waals surface area contributed by atoms with Gasteiger partial charge in [-0.25, -0.2) is 0 Å². The van der Waals surface area contributed by atoms with E-state index in [1.54, 1.807) is 29.2 Å². The molecule has 0 aromatic heterocycles. The van der Waals surface area contributed by atoms with Gasteiger partial charge in [-0.15, -0.1) is 0 Å². The van der Waals surface area contributed by atoms with Gasteiger partial charge in [0, 0.05) is 38.7 Å². The lowest BCUT2D eigenvalue weighted by molar-refractivity contribution is -0.384. The standard InChI is InChI=1S/C19H19Cl2N3O3/c20-15-5-3-4-14(19(15)21)8-9-18(25)23-12-10-22(11-13-23)16-6-1-2-7-17(16)24(26)27/h1-7H,8-13H2. The largest absolute Gasteiger partial charge is 0.362 e. The third-order valence-corrected chi connectivity index (χ3v) is 5.55. The maximum atomic E-state index is 12.5. The summed E-state index contributed by atoms with van der Waals surface area (Å²) in [6.07, 6.45) is 0.883. The second-order valence-corrected chi connectivity index (χ2v) is 7.11. The highest BCUT2D eigenvalue weighted by atomic mass is 35.5. The summed E-state index contributed by atoms with van der Waals surface area (Å²) >= 11 is 12.2. The van der Waals surface area contributed by atoms with Crippen molar-refractivity contribution in [1.82, 2.24) is 4.90 Å². The minimum atomic E-state index is -0.373. The molecule has 0 unspecified atom stereocenters.